The summed E-state index contributed by atoms with van der Waals surface area (Å²) in [5.74, 6) is 0.838. The quantitative estimate of drug-likeness (QED) is 0.798. The van der Waals surface area contributed by atoms with E-state index in [9.17, 15) is 4.79 Å². The largest absolute Gasteiger partial charge is 0.481 e. The van der Waals surface area contributed by atoms with Gasteiger partial charge in [0.2, 0.25) is 11.8 Å². The molecule has 1 fully saturated rings. The van der Waals surface area contributed by atoms with Crippen LogP contribution in [0.15, 0.2) is 6.07 Å². The summed E-state index contributed by atoms with van der Waals surface area (Å²) in [5, 5.41) is 0.0365. The highest BCUT2D eigenvalue weighted by Crippen LogP contribution is 2.26. The van der Waals surface area contributed by atoms with Crippen LogP contribution in [0.2, 0.25) is 0 Å². The Morgan fingerprint density at radius 3 is 2.71 bits per heavy atom. The minimum atomic E-state index is -0.00666. The van der Waals surface area contributed by atoms with E-state index in [0.717, 1.165) is 0 Å². The molecular formula is C10H13N3O3S. The fourth-order valence-electron chi connectivity index (χ4n) is 1.64. The Labute approximate surface area is 104 Å². The second kappa shape index (κ2) is 4.79. The first kappa shape index (κ1) is 12.0. The van der Waals surface area contributed by atoms with Crippen LogP contribution in [-0.2, 0) is 4.79 Å². The topological polar surface area (TPSA) is 64.5 Å². The van der Waals surface area contributed by atoms with E-state index in [-0.39, 0.29) is 17.2 Å². The van der Waals surface area contributed by atoms with Gasteiger partial charge in [-0.2, -0.15) is 22.6 Å². The molecule has 2 rings (SSSR count). The molecule has 2 heterocycles. The minimum absolute atomic E-state index is 0.00666. The summed E-state index contributed by atoms with van der Waals surface area (Å²) in [6.07, 6.45) is 0.414. The molecule has 0 aromatic carbocycles. The first-order valence-corrected chi connectivity index (χ1v) is 5.61. The zero-order valence-corrected chi connectivity index (χ0v) is 10.5. The van der Waals surface area contributed by atoms with Crippen LogP contribution in [0, 0.1) is 0 Å². The van der Waals surface area contributed by atoms with E-state index < -0.39 is 0 Å². The summed E-state index contributed by atoms with van der Waals surface area (Å²) in [6, 6.07) is 1.78. The number of nitrogens with zero attached hydrogens (tertiary/aromatic N) is 3. The number of hydrogen-bond acceptors (Lipinski definition) is 6. The van der Waals surface area contributed by atoms with E-state index >= 15 is 0 Å². The summed E-state index contributed by atoms with van der Waals surface area (Å²) in [5.41, 5.74) is 0. The zero-order valence-electron chi connectivity index (χ0n) is 9.58. The lowest BCUT2D eigenvalue weighted by molar-refractivity contribution is -0.117. The van der Waals surface area contributed by atoms with Crippen LogP contribution in [0.25, 0.3) is 0 Å². The Hall–Kier alpha value is -1.50. The first-order valence-electron chi connectivity index (χ1n) is 5.09. The standard InChI is InChI=1S/C10H13N3O3S/c1-15-8-4-7(11-10(12-8)16-2)13-5-6(17)3-9(13)14/h4,6,17H,3,5H2,1-2H3. The van der Waals surface area contributed by atoms with Crippen LogP contribution in [0.1, 0.15) is 6.42 Å². The van der Waals surface area contributed by atoms with Gasteiger partial charge in [0.25, 0.3) is 0 Å². The number of aromatic nitrogens is 2. The number of methoxy groups -OCH3 is 2. The first-order chi connectivity index (χ1) is 8.13. The summed E-state index contributed by atoms with van der Waals surface area (Å²) in [7, 11) is 2.96. The van der Waals surface area contributed by atoms with Crippen molar-refractivity contribution < 1.29 is 14.3 Å². The molecule has 0 bridgehead atoms. The molecule has 92 valence electrons. The molecule has 1 aliphatic heterocycles. The van der Waals surface area contributed by atoms with Crippen molar-refractivity contribution in [2.45, 2.75) is 11.7 Å². The van der Waals surface area contributed by atoms with Gasteiger partial charge in [-0.3, -0.25) is 9.69 Å². The molecular weight excluding hydrogens is 242 g/mol. The van der Waals surface area contributed by atoms with Gasteiger partial charge >= 0.3 is 6.01 Å². The molecule has 1 aliphatic rings. The smallest absolute Gasteiger partial charge is 0.321 e. The molecule has 1 amide bonds. The lowest BCUT2D eigenvalue weighted by Crippen LogP contribution is -2.25. The van der Waals surface area contributed by atoms with Gasteiger partial charge in [0.1, 0.15) is 5.82 Å². The van der Waals surface area contributed by atoms with Gasteiger partial charge in [-0.15, -0.1) is 0 Å². The Balaban J connectivity index is 2.34. The summed E-state index contributed by atoms with van der Waals surface area (Å²) in [6.45, 7) is 0.533. The third kappa shape index (κ3) is 2.44. The van der Waals surface area contributed by atoms with E-state index in [1.54, 1.807) is 11.0 Å². The van der Waals surface area contributed by atoms with Crippen molar-refractivity contribution in [2.24, 2.45) is 0 Å². The fraction of sp³-hybridized carbons (Fsp3) is 0.500. The molecule has 0 aliphatic carbocycles. The Bertz CT molecular complexity index is 419. The number of anilines is 1. The van der Waals surface area contributed by atoms with Crippen molar-refractivity contribution in [3.8, 4) is 11.9 Å². The second-order valence-corrected chi connectivity index (χ2v) is 4.35. The highest BCUT2D eigenvalue weighted by atomic mass is 32.1. The molecule has 0 radical (unpaired) electrons. The van der Waals surface area contributed by atoms with Gasteiger partial charge in [-0.25, -0.2) is 0 Å². The van der Waals surface area contributed by atoms with E-state index in [4.69, 9.17) is 9.47 Å². The maximum absolute atomic E-state index is 11.7. The lowest BCUT2D eigenvalue weighted by Gasteiger charge is -2.15. The van der Waals surface area contributed by atoms with Gasteiger partial charge < -0.3 is 9.47 Å². The molecule has 1 aromatic heterocycles. The summed E-state index contributed by atoms with van der Waals surface area (Å²) < 4.78 is 9.99. The van der Waals surface area contributed by atoms with Gasteiger partial charge in [-0.1, -0.05) is 0 Å². The molecule has 1 atom stereocenters. The van der Waals surface area contributed by atoms with Crippen molar-refractivity contribution >= 4 is 24.4 Å². The van der Waals surface area contributed by atoms with Crippen LogP contribution in [0.5, 0.6) is 11.9 Å². The van der Waals surface area contributed by atoms with Gasteiger partial charge in [0.05, 0.1) is 14.2 Å². The third-order valence-electron chi connectivity index (χ3n) is 2.44. The number of rotatable bonds is 3. The normalized spacial score (nSPS) is 19.6. The van der Waals surface area contributed by atoms with E-state index in [0.29, 0.717) is 24.7 Å². The highest BCUT2D eigenvalue weighted by Gasteiger charge is 2.30. The van der Waals surface area contributed by atoms with Crippen LogP contribution in [0.3, 0.4) is 0 Å². The SMILES string of the molecule is COc1cc(N2CC(S)CC2=O)nc(OC)n1. The monoisotopic (exact) mass is 255 g/mol. The second-order valence-electron chi connectivity index (χ2n) is 3.62. The molecule has 0 spiro atoms. The number of hydrogen-bond donors (Lipinski definition) is 1. The van der Waals surface area contributed by atoms with Crippen molar-refractivity contribution in [1.29, 1.82) is 0 Å². The van der Waals surface area contributed by atoms with Gasteiger partial charge in [0, 0.05) is 24.3 Å². The number of ether oxygens (including phenoxy) is 2. The Morgan fingerprint density at radius 2 is 2.18 bits per heavy atom. The van der Waals surface area contributed by atoms with E-state index in [1.165, 1.54) is 14.2 Å². The number of carbonyl (C=O) groups excluding carboxylic acids is 1. The number of thiol groups is 1. The number of amides is 1. The Morgan fingerprint density at radius 1 is 1.41 bits per heavy atom. The fourth-order valence-corrected chi connectivity index (χ4v) is 1.96. The molecule has 1 saturated heterocycles. The predicted molar refractivity (Wildman–Crippen MR) is 64.9 cm³/mol. The maximum atomic E-state index is 11.7. The van der Waals surface area contributed by atoms with E-state index in [1.807, 2.05) is 0 Å². The average molecular weight is 255 g/mol. The van der Waals surface area contributed by atoms with Gasteiger partial charge in [0.15, 0.2) is 0 Å². The van der Waals surface area contributed by atoms with Crippen LogP contribution in [-0.4, -0.2) is 41.9 Å². The molecule has 1 aromatic rings. The number of carbonyl (C=O) groups is 1. The van der Waals surface area contributed by atoms with Crippen LogP contribution >= 0.6 is 12.6 Å². The van der Waals surface area contributed by atoms with Gasteiger partial charge in [-0.05, 0) is 0 Å². The van der Waals surface area contributed by atoms with Crippen molar-refractivity contribution in [1.82, 2.24) is 9.97 Å². The minimum Gasteiger partial charge on any atom is -0.481 e. The third-order valence-corrected chi connectivity index (χ3v) is 2.79. The Kier molecular flexibility index (Phi) is 3.37. The maximum Gasteiger partial charge on any atom is 0.321 e. The van der Waals surface area contributed by atoms with Crippen LogP contribution in [0.4, 0.5) is 5.82 Å². The highest BCUT2D eigenvalue weighted by molar-refractivity contribution is 7.81. The summed E-state index contributed by atoms with van der Waals surface area (Å²) in [4.78, 5) is 21.4. The van der Waals surface area contributed by atoms with Crippen molar-refractivity contribution in [2.75, 3.05) is 25.7 Å². The molecule has 7 heteroatoms. The average Bonchev–Trinajstić information content (AvgIpc) is 2.67. The summed E-state index contributed by atoms with van der Waals surface area (Å²) >= 11 is 4.29. The zero-order chi connectivity index (χ0) is 12.4. The molecule has 6 nitrogen and oxygen atoms in total. The van der Waals surface area contributed by atoms with E-state index in [2.05, 4.69) is 22.6 Å². The molecule has 17 heavy (non-hydrogen) atoms. The molecule has 1 unspecified atom stereocenters. The lowest BCUT2D eigenvalue weighted by atomic mass is 10.4. The molecule has 0 N–H and O–H groups in total. The molecule has 0 saturated carbocycles. The van der Waals surface area contributed by atoms with Crippen LogP contribution < -0.4 is 14.4 Å². The predicted octanol–water partition coefficient (Wildman–Crippen LogP) is 0.529. The van der Waals surface area contributed by atoms with Crippen molar-refractivity contribution in [3.05, 3.63) is 6.07 Å². The van der Waals surface area contributed by atoms with Crippen molar-refractivity contribution in [3.63, 3.8) is 0 Å².